The van der Waals surface area contributed by atoms with E-state index in [9.17, 15) is 39.0 Å². The molecule has 0 heterocycles. The van der Waals surface area contributed by atoms with Crippen LogP contribution in [0.3, 0.4) is 0 Å². The van der Waals surface area contributed by atoms with Crippen LogP contribution in [0.1, 0.15) is 323 Å². The highest BCUT2D eigenvalue weighted by Gasteiger charge is 2.18. The summed E-state index contributed by atoms with van der Waals surface area (Å²) >= 11 is 0. The average molecular weight is 1340 g/mol. The first-order valence-electron chi connectivity index (χ1n) is 39.3. The van der Waals surface area contributed by atoms with Gasteiger partial charge in [-0.1, -0.05) is 259 Å². The SMILES string of the molecule is CCCCCCCCCCCCNC(=O)CCN(CCOC(=O)CCN(CCO)CCN(CCO)CCC(=O)OCCN(CCC(=O)OCCCCCCCCCCCC)CCC(=O)OCCCCCCCCCCCC)CCC(=O)NCCCCCCCCCCCC. The highest BCUT2D eigenvalue weighted by Crippen LogP contribution is 2.15. The summed E-state index contributed by atoms with van der Waals surface area (Å²) in [7, 11) is 0. The largest absolute Gasteiger partial charge is 0.466 e. The molecule has 0 fully saturated rings. The van der Waals surface area contributed by atoms with E-state index in [1.807, 2.05) is 19.6 Å². The molecule has 94 heavy (non-hydrogen) atoms. The van der Waals surface area contributed by atoms with Crippen LogP contribution in [-0.2, 0) is 47.7 Å². The topological polar surface area (TPSA) is 217 Å². The van der Waals surface area contributed by atoms with Crippen LogP contribution < -0.4 is 10.6 Å². The zero-order chi connectivity index (χ0) is 68.7. The van der Waals surface area contributed by atoms with Gasteiger partial charge in [-0.3, -0.25) is 48.4 Å². The van der Waals surface area contributed by atoms with E-state index in [4.69, 9.17) is 18.9 Å². The molecule has 0 bridgehead atoms. The van der Waals surface area contributed by atoms with E-state index >= 15 is 0 Å². The Balaban J connectivity index is 5.19. The van der Waals surface area contributed by atoms with Crippen LogP contribution in [0, 0.1) is 0 Å². The van der Waals surface area contributed by atoms with Crippen molar-refractivity contribution in [2.75, 3.05) is 131 Å². The molecule has 0 saturated carbocycles. The minimum Gasteiger partial charge on any atom is -0.466 e. The number of carbonyl (C=O) groups excluding carboxylic acids is 6. The Hall–Kier alpha value is -3.42. The van der Waals surface area contributed by atoms with Gasteiger partial charge < -0.3 is 39.8 Å². The maximum atomic E-state index is 13.1. The molecule has 0 aliphatic rings. The molecule has 0 saturated heterocycles. The van der Waals surface area contributed by atoms with Gasteiger partial charge in [0.15, 0.2) is 0 Å². The number of aliphatic hydroxyl groups is 2. The first kappa shape index (κ1) is 90.6. The van der Waals surface area contributed by atoms with Gasteiger partial charge in [0.2, 0.25) is 11.8 Å². The fourth-order valence-corrected chi connectivity index (χ4v) is 11.7. The first-order valence-corrected chi connectivity index (χ1v) is 39.3. The molecule has 0 rings (SSSR count). The molecule has 0 aromatic heterocycles. The highest BCUT2D eigenvalue weighted by molar-refractivity contribution is 5.76. The molecular formula is C76H148N6O12. The number of ether oxygens (including phenoxy) is 4. The lowest BCUT2D eigenvalue weighted by molar-refractivity contribution is -0.147. The van der Waals surface area contributed by atoms with E-state index in [0.29, 0.717) is 105 Å². The van der Waals surface area contributed by atoms with Crippen molar-refractivity contribution in [1.82, 2.24) is 30.2 Å². The minimum absolute atomic E-state index is 0.0216. The van der Waals surface area contributed by atoms with Gasteiger partial charge in [0.25, 0.3) is 0 Å². The van der Waals surface area contributed by atoms with Crippen LogP contribution in [-0.4, -0.2) is 197 Å². The minimum atomic E-state index is -0.408. The van der Waals surface area contributed by atoms with Gasteiger partial charge in [-0.05, 0) is 25.7 Å². The van der Waals surface area contributed by atoms with Gasteiger partial charge in [-0.15, -0.1) is 0 Å². The van der Waals surface area contributed by atoms with Crippen LogP contribution in [0.5, 0.6) is 0 Å². The Morgan fingerprint density at radius 3 is 0.713 bits per heavy atom. The quantitative estimate of drug-likeness (QED) is 0.0253. The zero-order valence-electron chi connectivity index (χ0n) is 61.4. The molecule has 4 N–H and O–H groups in total. The smallest absolute Gasteiger partial charge is 0.307 e. The number of nitrogens with one attached hydrogen (secondary N) is 2. The zero-order valence-corrected chi connectivity index (χ0v) is 61.4. The monoisotopic (exact) mass is 1340 g/mol. The molecule has 0 unspecified atom stereocenters. The number of unbranched alkanes of at least 4 members (excludes halogenated alkanes) is 36. The molecule has 554 valence electrons. The van der Waals surface area contributed by atoms with Crippen LogP contribution in [0.2, 0.25) is 0 Å². The molecule has 18 nitrogen and oxygen atoms in total. The Kier molecular flexibility index (Phi) is 69.7. The molecular weight excluding hydrogens is 1190 g/mol. The summed E-state index contributed by atoms with van der Waals surface area (Å²) in [6.45, 7) is 15.5. The van der Waals surface area contributed by atoms with Crippen LogP contribution in [0.25, 0.3) is 0 Å². The van der Waals surface area contributed by atoms with Crippen LogP contribution in [0.15, 0.2) is 0 Å². The second-order valence-electron chi connectivity index (χ2n) is 26.6. The predicted molar refractivity (Wildman–Crippen MR) is 385 cm³/mol. The summed E-state index contributed by atoms with van der Waals surface area (Å²) in [6, 6.07) is 0. The number of amides is 2. The molecule has 18 heteroatoms. The Morgan fingerprint density at radius 1 is 0.245 bits per heavy atom. The number of nitrogens with zero attached hydrogens (tertiary/aromatic N) is 4. The predicted octanol–water partition coefficient (Wildman–Crippen LogP) is 14.6. The van der Waals surface area contributed by atoms with Crippen molar-refractivity contribution in [3.63, 3.8) is 0 Å². The molecule has 0 aliphatic heterocycles. The maximum absolute atomic E-state index is 13.1. The van der Waals surface area contributed by atoms with E-state index in [-0.39, 0.29) is 94.7 Å². The Morgan fingerprint density at radius 2 is 0.457 bits per heavy atom. The normalized spacial score (nSPS) is 11.6. The number of esters is 4. The van der Waals surface area contributed by atoms with Crippen LogP contribution >= 0.6 is 0 Å². The van der Waals surface area contributed by atoms with Gasteiger partial charge in [0, 0.05) is 104 Å². The fraction of sp³-hybridized carbons (Fsp3) is 0.921. The van der Waals surface area contributed by atoms with E-state index in [0.717, 1.165) is 64.2 Å². The fourth-order valence-electron chi connectivity index (χ4n) is 11.7. The Bertz CT molecular complexity index is 1510. The van der Waals surface area contributed by atoms with Gasteiger partial charge in [-0.25, -0.2) is 0 Å². The summed E-state index contributed by atoms with van der Waals surface area (Å²) in [5, 5.41) is 26.0. The summed E-state index contributed by atoms with van der Waals surface area (Å²) in [6.07, 6.45) is 49.7. The lowest BCUT2D eigenvalue weighted by Crippen LogP contribution is -2.40. The van der Waals surface area contributed by atoms with Gasteiger partial charge in [-0.2, -0.15) is 0 Å². The Labute approximate surface area is 575 Å². The van der Waals surface area contributed by atoms with E-state index in [1.54, 1.807) is 0 Å². The number of hydrogen-bond acceptors (Lipinski definition) is 16. The van der Waals surface area contributed by atoms with Crippen molar-refractivity contribution in [2.24, 2.45) is 0 Å². The summed E-state index contributed by atoms with van der Waals surface area (Å²) in [4.78, 5) is 85.6. The lowest BCUT2D eigenvalue weighted by Gasteiger charge is -2.27. The van der Waals surface area contributed by atoms with Gasteiger partial charge >= 0.3 is 23.9 Å². The molecule has 2 amide bonds. The van der Waals surface area contributed by atoms with Crippen molar-refractivity contribution < 1.29 is 57.9 Å². The van der Waals surface area contributed by atoms with Gasteiger partial charge in [0.05, 0.1) is 52.1 Å². The van der Waals surface area contributed by atoms with Crippen LogP contribution in [0.4, 0.5) is 0 Å². The van der Waals surface area contributed by atoms with Crippen molar-refractivity contribution >= 4 is 35.7 Å². The third-order valence-electron chi connectivity index (χ3n) is 18.0. The second-order valence-corrected chi connectivity index (χ2v) is 26.6. The standard InChI is InChI=1S/C76H148N6O12/c1-5-9-13-17-21-25-29-33-37-41-51-77-71(85)45-53-79(54-46-72(86)78-52-42-38-34-30-26-22-18-14-10-6-2)63-69-93-75(89)49-57-81(61-65-83)59-60-82(62-66-84)58-50-76(90)94-70-64-80(55-47-73(87)91-67-43-39-35-31-27-23-19-15-11-7-3)56-48-74(88)92-68-44-40-36-32-28-24-20-16-12-8-4/h83-84H,5-70H2,1-4H3,(H,77,85)(H,78,86). The van der Waals surface area contributed by atoms with Crippen molar-refractivity contribution in [3.8, 4) is 0 Å². The van der Waals surface area contributed by atoms with Crippen molar-refractivity contribution in [3.05, 3.63) is 0 Å². The summed E-state index contributed by atoms with van der Waals surface area (Å²) in [5.41, 5.74) is 0. The van der Waals surface area contributed by atoms with E-state index in [2.05, 4.69) is 38.3 Å². The third kappa shape index (κ3) is 65.8. The summed E-state index contributed by atoms with van der Waals surface area (Å²) in [5.74, 6) is -1.41. The maximum Gasteiger partial charge on any atom is 0.307 e. The molecule has 0 spiro atoms. The number of rotatable bonds is 75. The molecule has 0 aliphatic carbocycles. The van der Waals surface area contributed by atoms with Gasteiger partial charge in [0.1, 0.15) is 13.2 Å². The summed E-state index contributed by atoms with van der Waals surface area (Å²) < 4.78 is 22.5. The van der Waals surface area contributed by atoms with E-state index < -0.39 is 5.97 Å². The number of carbonyl (C=O) groups is 6. The molecule has 0 aromatic rings. The average Bonchev–Trinajstić information content (AvgIpc) is 3.05. The molecule has 0 radical (unpaired) electrons. The number of hydrogen-bond donors (Lipinski definition) is 4. The lowest BCUT2D eigenvalue weighted by atomic mass is 10.1. The second kappa shape index (κ2) is 72.3. The van der Waals surface area contributed by atoms with E-state index in [1.165, 1.54) is 193 Å². The highest BCUT2D eigenvalue weighted by atomic mass is 16.5. The third-order valence-corrected chi connectivity index (χ3v) is 18.0. The molecule has 0 atom stereocenters. The van der Waals surface area contributed by atoms with Crippen molar-refractivity contribution in [2.45, 2.75) is 323 Å². The number of aliphatic hydroxyl groups excluding tert-OH is 2. The molecule has 0 aromatic carbocycles. The van der Waals surface area contributed by atoms with Crippen molar-refractivity contribution in [1.29, 1.82) is 0 Å². The first-order chi connectivity index (χ1) is 46.0.